The highest BCUT2D eigenvalue weighted by molar-refractivity contribution is 9.10. The van der Waals surface area contributed by atoms with Crippen molar-refractivity contribution in [2.45, 2.75) is 0 Å². The maximum atomic E-state index is 13.1. The van der Waals surface area contributed by atoms with Crippen LogP contribution in [-0.2, 0) is 4.79 Å². The van der Waals surface area contributed by atoms with Gasteiger partial charge in [0.25, 0.3) is 11.6 Å². The number of rotatable bonds is 4. The molecular weight excluding hydrogens is 518 g/mol. The van der Waals surface area contributed by atoms with Crippen molar-refractivity contribution in [2.75, 3.05) is 11.9 Å². The Bertz CT molecular complexity index is 1560. The van der Waals surface area contributed by atoms with E-state index >= 15 is 0 Å². The van der Waals surface area contributed by atoms with Crippen LogP contribution in [0.1, 0.15) is 5.56 Å². The Morgan fingerprint density at radius 2 is 1.65 bits per heavy atom. The number of benzene rings is 3. The van der Waals surface area contributed by atoms with Gasteiger partial charge in [-0.2, -0.15) is 5.10 Å². The number of nitro groups is 1. The van der Waals surface area contributed by atoms with Crippen molar-refractivity contribution in [3.8, 4) is 11.3 Å². The second kappa shape index (κ2) is 8.81. The molecule has 4 aromatic rings. The number of hydrogen-bond donors (Lipinski definition) is 0. The van der Waals surface area contributed by atoms with E-state index < -0.39 is 4.92 Å². The van der Waals surface area contributed by atoms with Crippen molar-refractivity contribution in [2.24, 2.45) is 10.1 Å². The molecule has 0 aliphatic carbocycles. The summed E-state index contributed by atoms with van der Waals surface area (Å²) in [7, 11) is 1.70. The standard InChI is InChI=1S/C24H16BrN5O3S/c1-28-19-12-6-3-9-16(19)22(23(28)31)27-29-21(15-8-2-4-10-17(15)25)14-34-24(29)26-18-11-5-7-13-20(18)30(32)33/h2-14H,1H3. The van der Waals surface area contributed by atoms with Crippen molar-refractivity contribution in [3.63, 3.8) is 0 Å². The minimum atomic E-state index is -0.469. The van der Waals surface area contributed by atoms with E-state index in [-0.39, 0.29) is 23.0 Å². The first-order valence-electron chi connectivity index (χ1n) is 10.2. The summed E-state index contributed by atoms with van der Waals surface area (Å²) in [5, 5.41) is 18.1. The van der Waals surface area contributed by atoms with E-state index in [9.17, 15) is 14.9 Å². The summed E-state index contributed by atoms with van der Waals surface area (Å²) < 4.78 is 2.42. The highest BCUT2D eigenvalue weighted by Crippen LogP contribution is 2.32. The lowest BCUT2D eigenvalue weighted by Crippen LogP contribution is -2.27. The van der Waals surface area contributed by atoms with Crippen LogP contribution in [0.15, 0.2) is 92.7 Å². The van der Waals surface area contributed by atoms with Crippen LogP contribution in [0.3, 0.4) is 0 Å². The number of nitro benzene ring substituents is 1. The number of nitrogens with zero attached hydrogens (tertiary/aromatic N) is 5. The lowest BCUT2D eigenvalue weighted by Gasteiger charge is -2.08. The highest BCUT2D eigenvalue weighted by atomic mass is 79.9. The molecule has 0 saturated carbocycles. The van der Waals surface area contributed by atoms with E-state index in [1.54, 1.807) is 34.8 Å². The quantitative estimate of drug-likeness (QED) is 0.261. The maximum absolute atomic E-state index is 13.1. The Morgan fingerprint density at radius 3 is 2.41 bits per heavy atom. The molecule has 168 valence electrons. The van der Waals surface area contributed by atoms with Gasteiger partial charge in [-0.05, 0) is 18.2 Å². The predicted molar refractivity (Wildman–Crippen MR) is 136 cm³/mol. The number of fused-ring (bicyclic) bond motifs is 1. The van der Waals surface area contributed by atoms with E-state index in [4.69, 9.17) is 5.10 Å². The van der Waals surface area contributed by atoms with Crippen LogP contribution in [0, 0.1) is 10.1 Å². The molecule has 2 heterocycles. The number of hydrogen-bond acceptors (Lipinski definition) is 6. The van der Waals surface area contributed by atoms with E-state index in [0.29, 0.717) is 16.1 Å². The molecule has 5 rings (SSSR count). The van der Waals surface area contributed by atoms with Gasteiger partial charge in [-0.25, -0.2) is 9.67 Å². The summed E-state index contributed by atoms with van der Waals surface area (Å²) in [6.07, 6.45) is 0. The Labute approximate surface area is 206 Å². The SMILES string of the molecule is CN1C(=O)C(=Nn2c(-c3ccccc3Br)csc2=Nc2ccccc2[N+](=O)[O-])c2ccccc21. The van der Waals surface area contributed by atoms with Gasteiger partial charge in [0.15, 0.2) is 5.71 Å². The number of likely N-dealkylation sites (N-methyl/N-ethyl adjacent to an activating group) is 1. The summed E-state index contributed by atoms with van der Waals surface area (Å²) in [6, 6.07) is 21.3. The van der Waals surface area contributed by atoms with Crippen LogP contribution in [-0.4, -0.2) is 28.3 Å². The van der Waals surface area contributed by atoms with Gasteiger partial charge < -0.3 is 4.90 Å². The molecule has 0 fully saturated rings. The van der Waals surface area contributed by atoms with Crippen LogP contribution >= 0.6 is 27.3 Å². The fourth-order valence-electron chi connectivity index (χ4n) is 3.69. The number of carbonyl (C=O) groups excluding carboxylic acids is 1. The molecule has 0 radical (unpaired) electrons. The fourth-order valence-corrected chi connectivity index (χ4v) is 5.01. The first-order valence-corrected chi connectivity index (χ1v) is 11.8. The van der Waals surface area contributed by atoms with Gasteiger partial charge in [0.05, 0.1) is 16.3 Å². The molecule has 0 saturated heterocycles. The molecular formula is C24H16BrN5O3S. The molecule has 1 aromatic heterocycles. The summed E-state index contributed by atoms with van der Waals surface area (Å²) in [6.45, 7) is 0. The van der Waals surface area contributed by atoms with Crippen molar-refractivity contribution >= 4 is 55.9 Å². The average Bonchev–Trinajstić information content (AvgIpc) is 3.34. The Kier molecular flexibility index (Phi) is 5.68. The summed E-state index contributed by atoms with van der Waals surface area (Å²) in [5.41, 5.74) is 3.39. The van der Waals surface area contributed by atoms with Crippen molar-refractivity contribution < 1.29 is 9.72 Å². The zero-order chi connectivity index (χ0) is 23.8. The van der Waals surface area contributed by atoms with Gasteiger partial charge in [-0.15, -0.1) is 11.3 Å². The molecule has 0 unspecified atom stereocenters. The van der Waals surface area contributed by atoms with E-state index in [1.807, 2.05) is 53.9 Å². The van der Waals surface area contributed by atoms with Gasteiger partial charge in [0.2, 0.25) is 4.80 Å². The third-order valence-corrected chi connectivity index (χ3v) is 6.87. The van der Waals surface area contributed by atoms with Gasteiger partial charge in [0, 0.05) is 34.1 Å². The summed E-state index contributed by atoms with van der Waals surface area (Å²) >= 11 is 4.86. The minimum Gasteiger partial charge on any atom is -0.309 e. The Balaban J connectivity index is 1.79. The third kappa shape index (κ3) is 3.76. The van der Waals surface area contributed by atoms with E-state index in [1.165, 1.54) is 17.4 Å². The normalized spacial score (nSPS) is 14.6. The lowest BCUT2D eigenvalue weighted by molar-refractivity contribution is -0.384. The van der Waals surface area contributed by atoms with Gasteiger partial charge in [0.1, 0.15) is 5.69 Å². The second-order valence-corrected chi connectivity index (χ2v) is 9.07. The zero-order valence-corrected chi connectivity index (χ0v) is 20.2. The molecule has 0 N–H and O–H groups in total. The van der Waals surface area contributed by atoms with Crippen molar-refractivity contribution in [1.82, 2.24) is 4.68 Å². The van der Waals surface area contributed by atoms with Crippen LogP contribution in [0.4, 0.5) is 17.1 Å². The zero-order valence-electron chi connectivity index (χ0n) is 17.8. The van der Waals surface area contributed by atoms with Gasteiger partial charge in [-0.1, -0.05) is 64.5 Å². The number of aromatic nitrogens is 1. The number of para-hydroxylation sites is 3. The highest BCUT2D eigenvalue weighted by Gasteiger charge is 2.31. The van der Waals surface area contributed by atoms with Gasteiger partial charge >= 0.3 is 0 Å². The molecule has 10 heteroatoms. The minimum absolute atomic E-state index is 0.112. The van der Waals surface area contributed by atoms with Crippen LogP contribution in [0.25, 0.3) is 11.3 Å². The molecule has 8 nitrogen and oxygen atoms in total. The molecule has 1 aliphatic heterocycles. The molecule has 0 atom stereocenters. The topological polar surface area (TPSA) is 93.1 Å². The summed E-state index contributed by atoms with van der Waals surface area (Å²) in [4.78, 5) is 30.6. The van der Waals surface area contributed by atoms with Crippen molar-refractivity contribution in [1.29, 1.82) is 0 Å². The molecule has 0 bridgehead atoms. The first-order chi connectivity index (χ1) is 16.5. The molecule has 0 spiro atoms. The smallest absolute Gasteiger partial charge is 0.294 e. The Hall–Kier alpha value is -3.89. The average molecular weight is 534 g/mol. The fraction of sp³-hybridized carbons (Fsp3) is 0.0417. The number of halogens is 1. The Morgan fingerprint density at radius 1 is 0.971 bits per heavy atom. The first kappa shape index (κ1) is 21.9. The third-order valence-electron chi connectivity index (χ3n) is 5.36. The second-order valence-electron chi connectivity index (χ2n) is 7.38. The van der Waals surface area contributed by atoms with Crippen LogP contribution in [0.2, 0.25) is 0 Å². The van der Waals surface area contributed by atoms with Crippen molar-refractivity contribution in [3.05, 3.63) is 103 Å². The van der Waals surface area contributed by atoms with E-state index in [2.05, 4.69) is 20.9 Å². The number of anilines is 1. The lowest BCUT2D eigenvalue weighted by atomic mass is 10.1. The van der Waals surface area contributed by atoms with Crippen LogP contribution < -0.4 is 9.70 Å². The molecule has 3 aromatic carbocycles. The number of thiazole rings is 1. The molecule has 1 amide bonds. The number of carbonyl (C=O) groups is 1. The molecule has 34 heavy (non-hydrogen) atoms. The van der Waals surface area contributed by atoms with Gasteiger partial charge in [-0.3, -0.25) is 14.9 Å². The van der Waals surface area contributed by atoms with E-state index in [0.717, 1.165) is 15.7 Å². The molecule has 1 aliphatic rings. The monoisotopic (exact) mass is 533 g/mol. The number of amides is 1. The largest absolute Gasteiger partial charge is 0.309 e. The summed E-state index contributed by atoms with van der Waals surface area (Å²) in [5.74, 6) is -0.241. The maximum Gasteiger partial charge on any atom is 0.294 e. The predicted octanol–water partition coefficient (Wildman–Crippen LogP) is 5.35. The van der Waals surface area contributed by atoms with Crippen LogP contribution in [0.5, 0.6) is 0 Å².